The van der Waals surface area contributed by atoms with Crippen molar-refractivity contribution in [3.63, 3.8) is 0 Å². The molecule has 0 saturated heterocycles. The largest absolute Gasteiger partial charge is 0.481 e. The summed E-state index contributed by atoms with van der Waals surface area (Å²) in [6, 6.07) is 6.25. The molecular weight excluding hydrogens is 183 g/mol. The summed E-state index contributed by atoms with van der Waals surface area (Å²) >= 11 is 0. The number of carboxylic acids is 1. The molecule has 1 N–H and O–H groups in total. The molecule has 0 spiro atoms. The number of carboxylic acid groups (broad SMARTS) is 1. The summed E-state index contributed by atoms with van der Waals surface area (Å²) in [7, 11) is 0. The molecule has 0 heterocycles. The third-order valence-corrected chi connectivity index (χ3v) is 1.70. The lowest BCUT2D eigenvalue weighted by Gasteiger charge is -1.95. The summed E-state index contributed by atoms with van der Waals surface area (Å²) in [6.07, 6.45) is 3.86. The van der Waals surface area contributed by atoms with Crippen molar-refractivity contribution in [3.05, 3.63) is 47.8 Å². The average molecular weight is 194 g/mol. The van der Waals surface area contributed by atoms with Gasteiger partial charge in [-0.3, -0.25) is 4.79 Å². The van der Waals surface area contributed by atoms with E-state index in [0.717, 1.165) is 5.56 Å². The van der Waals surface area contributed by atoms with E-state index in [0.29, 0.717) is 6.42 Å². The number of aliphatic carboxylic acids is 1. The number of rotatable bonds is 4. The highest BCUT2D eigenvalue weighted by atomic mass is 19.1. The molecule has 1 aromatic rings. The summed E-state index contributed by atoms with van der Waals surface area (Å²) in [6.45, 7) is 0. The van der Waals surface area contributed by atoms with E-state index in [1.807, 2.05) is 0 Å². The molecule has 0 aliphatic heterocycles. The van der Waals surface area contributed by atoms with Crippen LogP contribution in [0.1, 0.15) is 12.0 Å². The highest BCUT2D eigenvalue weighted by Crippen LogP contribution is 2.04. The molecule has 0 aliphatic carbocycles. The Bertz CT molecular complexity index is 345. The van der Waals surface area contributed by atoms with Gasteiger partial charge >= 0.3 is 5.97 Å². The summed E-state index contributed by atoms with van der Waals surface area (Å²) < 4.78 is 12.7. The van der Waals surface area contributed by atoms with Gasteiger partial charge in [0.1, 0.15) is 5.82 Å². The van der Waals surface area contributed by atoms with Crippen molar-refractivity contribution in [1.82, 2.24) is 0 Å². The Kier molecular flexibility index (Phi) is 3.85. The lowest BCUT2D eigenvalue weighted by Crippen LogP contribution is -1.90. The van der Waals surface area contributed by atoms with E-state index >= 15 is 0 Å². The first-order chi connectivity index (χ1) is 6.68. The third kappa shape index (κ3) is 3.85. The normalized spacial score (nSPS) is 10.6. The van der Waals surface area contributed by atoms with E-state index in [1.165, 1.54) is 12.1 Å². The maximum atomic E-state index is 12.7. The highest BCUT2D eigenvalue weighted by Gasteiger charge is 1.93. The molecule has 74 valence electrons. The van der Waals surface area contributed by atoms with Crippen molar-refractivity contribution in [3.8, 4) is 0 Å². The van der Waals surface area contributed by atoms with Crippen LogP contribution in [0.25, 0.3) is 0 Å². The average Bonchev–Trinajstić information content (AvgIpc) is 2.12. The molecule has 0 saturated carbocycles. The van der Waals surface area contributed by atoms with Crippen molar-refractivity contribution >= 4 is 5.97 Å². The van der Waals surface area contributed by atoms with Crippen LogP contribution in [0.3, 0.4) is 0 Å². The fraction of sp³-hybridized carbons (Fsp3) is 0.182. The van der Waals surface area contributed by atoms with Crippen LogP contribution in [0.15, 0.2) is 36.4 Å². The predicted molar refractivity (Wildman–Crippen MR) is 51.5 cm³/mol. The van der Waals surface area contributed by atoms with Crippen LogP contribution >= 0.6 is 0 Å². The van der Waals surface area contributed by atoms with Crippen molar-refractivity contribution in [2.45, 2.75) is 12.8 Å². The second-order valence-corrected chi connectivity index (χ2v) is 2.90. The minimum atomic E-state index is -0.861. The van der Waals surface area contributed by atoms with Gasteiger partial charge in [-0.25, -0.2) is 4.39 Å². The van der Waals surface area contributed by atoms with E-state index in [-0.39, 0.29) is 12.2 Å². The summed E-state index contributed by atoms with van der Waals surface area (Å²) in [5.41, 5.74) is 0.839. The minimum absolute atomic E-state index is 0.00924. The molecule has 0 aromatic heterocycles. The van der Waals surface area contributed by atoms with Crippen LogP contribution in [0, 0.1) is 5.82 Å². The molecule has 3 heteroatoms. The molecular formula is C11H11FO2. The zero-order valence-corrected chi connectivity index (χ0v) is 7.61. The van der Waals surface area contributed by atoms with Gasteiger partial charge < -0.3 is 5.11 Å². The van der Waals surface area contributed by atoms with E-state index in [2.05, 4.69) is 0 Å². The lowest BCUT2D eigenvalue weighted by atomic mass is 10.1. The minimum Gasteiger partial charge on any atom is -0.481 e. The van der Waals surface area contributed by atoms with E-state index < -0.39 is 5.97 Å². The molecule has 0 bridgehead atoms. The molecule has 0 fully saturated rings. The number of hydrogen-bond donors (Lipinski definition) is 1. The fourth-order valence-corrected chi connectivity index (χ4v) is 1.07. The van der Waals surface area contributed by atoms with Gasteiger partial charge in [-0.05, 0) is 24.1 Å². The SMILES string of the molecule is O=C(O)C/C=C\Cc1cccc(F)c1. The van der Waals surface area contributed by atoms with Crippen molar-refractivity contribution in [1.29, 1.82) is 0 Å². The Balaban J connectivity index is 2.45. The van der Waals surface area contributed by atoms with Gasteiger partial charge in [0, 0.05) is 0 Å². The van der Waals surface area contributed by atoms with Crippen LogP contribution in [0.5, 0.6) is 0 Å². The maximum absolute atomic E-state index is 12.7. The highest BCUT2D eigenvalue weighted by molar-refractivity contribution is 5.68. The molecule has 0 atom stereocenters. The number of allylic oxidation sites excluding steroid dienone is 1. The van der Waals surface area contributed by atoms with Gasteiger partial charge in [0.25, 0.3) is 0 Å². The van der Waals surface area contributed by atoms with Crippen LogP contribution < -0.4 is 0 Å². The van der Waals surface area contributed by atoms with Gasteiger partial charge in [0.15, 0.2) is 0 Å². The Morgan fingerprint density at radius 1 is 1.43 bits per heavy atom. The smallest absolute Gasteiger partial charge is 0.307 e. The first kappa shape index (κ1) is 10.4. The Labute approximate surface area is 81.7 Å². The summed E-state index contributed by atoms with van der Waals surface area (Å²) in [5.74, 6) is -1.13. The van der Waals surface area contributed by atoms with Gasteiger partial charge in [-0.1, -0.05) is 24.3 Å². The van der Waals surface area contributed by atoms with Gasteiger partial charge in [0.2, 0.25) is 0 Å². The predicted octanol–water partition coefficient (Wildman–Crippen LogP) is 2.40. The molecule has 0 aliphatic rings. The number of benzene rings is 1. The van der Waals surface area contributed by atoms with Crippen LogP contribution in [0.2, 0.25) is 0 Å². The zero-order chi connectivity index (χ0) is 10.4. The Morgan fingerprint density at radius 3 is 2.86 bits per heavy atom. The number of carbonyl (C=O) groups is 1. The topological polar surface area (TPSA) is 37.3 Å². The first-order valence-electron chi connectivity index (χ1n) is 4.30. The first-order valence-corrected chi connectivity index (χ1v) is 4.30. The Hall–Kier alpha value is -1.64. The maximum Gasteiger partial charge on any atom is 0.307 e. The molecule has 0 radical (unpaired) electrons. The summed E-state index contributed by atoms with van der Waals surface area (Å²) in [5, 5.41) is 8.34. The van der Waals surface area contributed by atoms with E-state index in [1.54, 1.807) is 24.3 Å². The molecule has 1 aromatic carbocycles. The molecule has 1 rings (SSSR count). The van der Waals surface area contributed by atoms with Crippen molar-refractivity contribution in [2.75, 3.05) is 0 Å². The molecule has 2 nitrogen and oxygen atoms in total. The zero-order valence-electron chi connectivity index (χ0n) is 7.61. The van der Waals surface area contributed by atoms with Gasteiger partial charge in [0.05, 0.1) is 6.42 Å². The van der Waals surface area contributed by atoms with E-state index in [4.69, 9.17) is 5.11 Å². The second kappa shape index (κ2) is 5.17. The van der Waals surface area contributed by atoms with Gasteiger partial charge in [-0.15, -0.1) is 0 Å². The second-order valence-electron chi connectivity index (χ2n) is 2.90. The van der Waals surface area contributed by atoms with Crippen molar-refractivity contribution < 1.29 is 14.3 Å². The van der Waals surface area contributed by atoms with Crippen molar-refractivity contribution in [2.24, 2.45) is 0 Å². The molecule has 14 heavy (non-hydrogen) atoms. The number of halogens is 1. The summed E-state index contributed by atoms with van der Waals surface area (Å²) in [4.78, 5) is 10.2. The molecule has 0 amide bonds. The van der Waals surface area contributed by atoms with Crippen LogP contribution in [-0.4, -0.2) is 11.1 Å². The van der Waals surface area contributed by atoms with E-state index in [9.17, 15) is 9.18 Å². The molecule has 0 unspecified atom stereocenters. The third-order valence-electron chi connectivity index (χ3n) is 1.70. The van der Waals surface area contributed by atoms with Crippen LogP contribution in [0.4, 0.5) is 4.39 Å². The number of hydrogen-bond acceptors (Lipinski definition) is 1. The quantitative estimate of drug-likeness (QED) is 0.747. The standard InChI is InChI=1S/C11H11FO2/c12-10-6-3-5-9(8-10)4-1-2-7-11(13)14/h1-3,5-6,8H,4,7H2,(H,13,14)/b2-1-. The fourth-order valence-electron chi connectivity index (χ4n) is 1.07. The van der Waals surface area contributed by atoms with Crippen LogP contribution in [-0.2, 0) is 11.2 Å². The Morgan fingerprint density at radius 2 is 2.21 bits per heavy atom. The lowest BCUT2D eigenvalue weighted by molar-refractivity contribution is -0.136. The monoisotopic (exact) mass is 194 g/mol. The van der Waals surface area contributed by atoms with Gasteiger partial charge in [-0.2, -0.15) is 0 Å².